The number of rotatable bonds is 0. The maximum Gasteiger partial charge on any atom is 0.242 e. The summed E-state index contributed by atoms with van der Waals surface area (Å²) in [6.07, 6.45) is 0.969. The Kier molecular flexibility index (Phi) is 2.01. The Morgan fingerprint density at radius 1 is 1.05 bits per heavy atom. The molecule has 1 unspecified atom stereocenters. The molecule has 0 fully saturated rings. The predicted molar refractivity (Wildman–Crippen MR) is 75.0 cm³/mol. The van der Waals surface area contributed by atoms with Crippen LogP contribution >= 0.6 is 0 Å². The largest absolute Gasteiger partial charge is 0.273 e. The Bertz CT molecular complexity index is 680. The smallest absolute Gasteiger partial charge is 0.242 e. The van der Waals surface area contributed by atoms with E-state index in [2.05, 4.69) is 29.3 Å². The normalized spacial score (nSPS) is 19.1. The number of carbonyl (C=O) groups is 1. The molecule has 0 bridgehead atoms. The van der Waals surface area contributed by atoms with Gasteiger partial charge < -0.3 is 0 Å². The topological polar surface area (TPSA) is 23.6 Å². The van der Waals surface area contributed by atoms with Crippen molar-refractivity contribution < 1.29 is 4.79 Å². The Morgan fingerprint density at radius 2 is 1.74 bits per heavy atom. The van der Waals surface area contributed by atoms with Gasteiger partial charge in [-0.15, -0.1) is 0 Å². The van der Waals surface area contributed by atoms with Crippen molar-refractivity contribution in [2.24, 2.45) is 0 Å². The second-order valence-corrected chi connectivity index (χ2v) is 5.08. The molecule has 0 aromatic heterocycles. The fourth-order valence-electron chi connectivity index (χ4n) is 3.26. The number of hydrazine groups is 1. The number of hydrogen-bond acceptors (Lipinski definition) is 2. The van der Waals surface area contributed by atoms with Crippen molar-refractivity contribution >= 4 is 17.3 Å². The van der Waals surface area contributed by atoms with Crippen LogP contribution in [0.15, 0.2) is 48.5 Å². The number of para-hydroxylation sites is 2. The summed E-state index contributed by atoms with van der Waals surface area (Å²) in [4.78, 5) is 12.0. The lowest BCUT2D eigenvalue weighted by atomic mass is 10.0. The van der Waals surface area contributed by atoms with Crippen LogP contribution in [-0.2, 0) is 11.2 Å². The fraction of sp³-hybridized carbons (Fsp3) is 0.188. The predicted octanol–water partition coefficient (Wildman–Crippen LogP) is 3.07. The highest BCUT2D eigenvalue weighted by Crippen LogP contribution is 2.49. The molecule has 2 aromatic rings. The SMILES string of the molecule is CC(=O)N1c2ccccc2C2Cc3ccccc3N21. The summed E-state index contributed by atoms with van der Waals surface area (Å²) in [6, 6.07) is 16.8. The molecule has 94 valence electrons. The van der Waals surface area contributed by atoms with Gasteiger partial charge in [-0.25, -0.2) is 5.01 Å². The first-order valence-corrected chi connectivity index (χ1v) is 6.54. The molecule has 1 atom stereocenters. The fourth-order valence-corrected chi connectivity index (χ4v) is 3.26. The molecule has 0 radical (unpaired) electrons. The lowest BCUT2D eigenvalue weighted by molar-refractivity contribution is -0.116. The number of hydrogen-bond donors (Lipinski definition) is 0. The van der Waals surface area contributed by atoms with Crippen LogP contribution < -0.4 is 10.0 Å². The molecule has 2 aromatic carbocycles. The Morgan fingerprint density at radius 3 is 2.53 bits per heavy atom. The lowest BCUT2D eigenvalue weighted by Gasteiger charge is -2.29. The lowest BCUT2D eigenvalue weighted by Crippen LogP contribution is -2.41. The van der Waals surface area contributed by atoms with Gasteiger partial charge in [-0.1, -0.05) is 36.4 Å². The van der Waals surface area contributed by atoms with Crippen LogP contribution in [0.5, 0.6) is 0 Å². The highest BCUT2D eigenvalue weighted by atomic mass is 16.2. The summed E-state index contributed by atoms with van der Waals surface area (Å²) < 4.78 is 0. The average Bonchev–Trinajstić information content (AvgIpc) is 2.93. The summed E-state index contributed by atoms with van der Waals surface area (Å²) in [5.74, 6) is 0.0617. The number of anilines is 2. The first-order valence-electron chi connectivity index (χ1n) is 6.54. The molecule has 1 amide bonds. The summed E-state index contributed by atoms with van der Waals surface area (Å²) in [5.41, 5.74) is 4.73. The van der Waals surface area contributed by atoms with Gasteiger partial charge in [-0.2, -0.15) is 0 Å². The quantitative estimate of drug-likeness (QED) is 0.717. The van der Waals surface area contributed by atoms with Crippen LogP contribution in [0.4, 0.5) is 11.4 Å². The van der Waals surface area contributed by atoms with E-state index in [0.717, 1.165) is 17.8 Å². The molecular formula is C16H14N2O. The van der Waals surface area contributed by atoms with Gasteiger partial charge in [0.25, 0.3) is 0 Å². The van der Waals surface area contributed by atoms with E-state index in [1.165, 1.54) is 11.1 Å². The van der Waals surface area contributed by atoms with Gasteiger partial charge in [0.05, 0.1) is 17.4 Å². The van der Waals surface area contributed by atoms with E-state index in [0.29, 0.717) is 0 Å². The molecule has 4 rings (SSSR count). The van der Waals surface area contributed by atoms with Gasteiger partial charge >= 0.3 is 0 Å². The zero-order valence-corrected chi connectivity index (χ0v) is 10.7. The standard InChI is InChI=1S/C16H14N2O/c1-11(19)17-15-9-5-3-7-13(15)16-10-12-6-2-4-8-14(12)18(16)17/h2-9,16H,10H2,1H3. The van der Waals surface area contributed by atoms with E-state index in [1.807, 2.05) is 29.3 Å². The van der Waals surface area contributed by atoms with Crippen molar-refractivity contribution in [2.75, 3.05) is 10.0 Å². The van der Waals surface area contributed by atoms with Gasteiger partial charge in [0.15, 0.2) is 0 Å². The summed E-state index contributed by atoms with van der Waals surface area (Å²) in [7, 11) is 0. The van der Waals surface area contributed by atoms with Crippen LogP contribution in [0.1, 0.15) is 24.1 Å². The van der Waals surface area contributed by atoms with Crippen molar-refractivity contribution in [1.29, 1.82) is 0 Å². The molecule has 3 heteroatoms. The minimum atomic E-state index is 0.0617. The monoisotopic (exact) mass is 250 g/mol. The molecule has 19 heavy (non-hydrogen) atoms. The number of fused-ring (bicyclic) bond motifs is 5. The zero-order chi connectivity index (χ0) is 13.0. The molecule has 0 saturated carbocycles. The maximum absolute atomic E-state index is 12.0. The summed E-state index contributed by atoms with van der Waals surface area (Å²) in [5, 5.41) is 3.95. The van der Waals surface area contributed by atoms with E-state index in [1.54, 1.807) is 6.92 Å². The highest BCUT2D eigenvalue weighted by Gasteiger charge is 2.43. The van der Waals surface area contributed by atoms with E-state index in [9.17, 15) is 4.79 Å². The second kappa shape index (κ2) is 3.60. The summed E-state index contributed by atoms with van der Waals surface area (Å²) >= 11 is 0. The van der Waals surface area contributed by atoms with E-state index < -0.39 is 0 Å². The van der Waals surface area contributed by atoms with Crippen LogP contribution in [0.3, 0.4) is 0 Å². The van der Waals surface area contributed by atoms with E-state index in [4.69, 9.17) is 0 Å². The first kappa shape index (κ1) is 10.6. The Hall–Kier alpha value is -2.29. The molecule has 2 aliphatic rings. The number of nitrogens with zero attached hydrogens (tertiary/aromatic N) is 2. The third-order valence-corrected chi connectivity index (χ3v) is 3.98. The highest BCUT2D eigenvalue weighted by molar-refractivity contribution is 5.98. The van der Waals surface area contributed by atoms with E-state index >= 15 is 0 Å². The first-order chi connectivity index (χ1) is 9.27. The number of carbonyl (C=O) groups excluding carboxylic acids is 1. The van der Waals surface area contributed by atoms with E-state index in [-0.39, 0.29) is 11.9 Å². The zero-order valence-electron chi connectivity index (χ0n) is 10.7. The number of benzene rings is 2. The van der Waals surface area contributed by atoms with Crippen LogP contribution in [-0.4, -0.2) is 5.91 Å². The van der Waals surface area contributed by atoms with Crippen LogP contribution in [0.25, 0.3) is 0 Å². The molecule has 0 aliphatic carbocycles. The van der Waals surface area contributed by atoms with Crippen molar-refractivity contribution in [3.63, 3.8) is 0 Å². The molecule has 2 heterocycles. The minimum Gasteiger partial charge on any atom is -0.273 e. The van der Waals surface area contributed by atoms with Gasteiger partial charge in [0, 0.05) is 18.9 Å². The molecule has 3 nitrogen and oxygen atoms in total. The minimum absolute atomic E-state index is 0.0617. The number of amides is 1. The molecule has 0 N–H and O–H groups in total. The van der Waals surface area contributed by atoms with Gasteiger partial charge in [0.2, 0.25) is 5.91 Å². The summed E-state index contributed by atoms with van der Waals surface area (Å²) in [6.45, 7) is 1.63. The van der Waals surface area contributed by atoms with Crippen LogP contribution in [0.2, 0.25) is 0 Å². The molecule has 2 aliphatic heterocycles. The van der Waals surface area contributed by atoms with Gasteiger partial charge in [0.1, 0.15) is 0 Å². The van der Waals surface area contributed by atoms with Crippen molar-refractivity contribution in [1.82, 2.24) is 0 Å². The third kappa shape index (κ3) is 1.30. The molecule has 0 spiro atoms. The van der Waals surface area contributed by atoms with Crippen molar-refractivity contribution in [3.8, 4) is 0 Å². The molecular weight excluding hydrogens is 236 g/mol. The Labute approximate surface area is 112 Å². The van der Waals surface area contributed by atoms with Crippen molar-refractivity contribution in [3.05, 3.63) is 59.7 Å². The van der Waals surface area contributed by atoms with Gasteiger partial charge in [-0.3, -0.25) is 9.80 Å². The second-order valence-electron chi connectivity index (χ2n) is 5.08. The Balaban J connectivity index is 1.94. The maximum atomic E-state index is 12.0. The third-order valence-electron chi connectivity index (χ3n) is 3.98. The van der Waals surface area contributed by atoms with Crippen LogP contribution in [0, 0.1) is 0 Å². The average molecular weight is 250 g/mol. The molecule has 0 saturated heterocycles. The van der Waals surface area contributed by atoms with Crippen molar-refractivity contribution in [2.45, 2.75) is 19.4 Å². The van der Waals surface area contributed by atoms with Gasteiger partial charge in [-0.05, 0) is 17.7 Å².